The molecule has 1 saturated heterocycles. The number of carbonyl (C=O) groups excluding carboxylic acids is 1. The smallest absolute Gasteiger partial charge is 0.257 e. The van der Waals surface area contributed by atoms with Gasteiger partial charge in [0, 0.05) is 25.3 Å². The number of aromatic nitrogens is 3. The van der Waals surface area contributed by atoms with Crippen LogP contribution < -0.4 is 20.1 Å². The number of nitrogens with one attached hydrogen (secondary N) is 3. The normalized spacial score (nSPS) is 16.6. The third-order valence-corrected chi connectivity index (χ3v) is 6.82. The predicted molar refractivity (Wildman–Crippen MR) is 135 cm³/mol. The van der Waals surface area contributed by atoms with Crippen molar-refractivity contribution in [3.05, 3.63) is 29.5 Å². The molecule has 0 spiro atoms. The number of amides is 1. The van der Waals surface area contributed by atoms with E-state index in [1.807, 2.05) is 6.92 Å². The molecule has 12 nitrogen and oxygen atoms in total. The molecule has 1 unspecified atom stereocenters. The first kappa shape index (κ1) is 24.6. The van der Waals surface area contributed by atoms with Gasteiger partial charge in [-0.2, -0.15) is 15.2 Å². The Morgan fingerprint density at radius 3 is 2.65 bits per heavy atom. The van der Waals surface area contributed by atoms with Crippen molar-refractivity contribution in [2.45, 2.75) is 26.3 Å². The molecule has 1 amide bonds. The minimum absolute atomic E-state index is 0.124. The van der Waals surface area contributed by atoms with Crippen LogP contribution in [0.25, 0.3) is 11.0 Å². The van der Waals surface area contributed by atoms with Gasteiger partial charge in [-0.25, -0.2) is 0 Å². The lowest BCUT2D eigenvalue weighted by Crippen LogP contribution is -2.62. The third kappa shape index (κ3) is 4.36. The van der Waals surface area contributed by atoms with E-state index in [1.54, 1.807) is 23.2 Å². The zero-order chi connectivity index (χ0) is 26.2. The van der Waals surface area contributed by atoms with E-state index >= 15 is 0 Å². The van der Waals surface area contributed by atoms with Crippen molar-refractivity contribution in [1.82, 2.24) is 19.9 Å². The molecule has 2 aliphatic rings. The Morgan fingerprint density at radius 1 is 1.24 bits per heavy atom. The van der Waals surface area contributed by atoms with Gasteiger partial charge in [-0.15, -0.1) is 0 Å². The van der Waals surface area contributed by atoms with E-state index in [0.29, 0.717) is 58.4 Å². The Kier molecular flexibility index (Phi) is 6.49. The molecule has 0 aliphatic carbocycles. The van der Waals surface area contributed by atoms with E-state index in [1.165, 1.54) is 0 Å². The molecule has 194 valence electrons. The van der Waals surface area contributed by atoms with E-state index < -0.39 is 5.41 Å². The SMILES string of the molecule is CCC(C)Nc1nc(Nc2ccc(C(=O)N3CC(CO)(CO)C3)c3c2OCCO3)nc2[nH]cc(C#N)c12. The number of anilines is 3. The molecule has 2 aliphatic heterocycles. The molecule has 12 heteroatoms. The number of hydrogen-bond acceptors (Lipinski definition) is 10. The highest BCUT2D eigenvalue weighted by molar-refractivity contribution is 6.00. The van der Waals surface area contributed by atoms with Gasteiger partial charge in [0.25, 0.3) is 5.91 Å². The molecular formula is C25H29N7O5. The summed E-state index contributed by atoms with van der Waals surface area (Å²) < 4.78 is 11.7. The van der Waals surface area contributed by atoms with Crippen molar-refractivity contribution in [3.63, 3.8) is 0 Å². The highest BCUT2D eigenvalue weighted by Gasteiger charge is 2.45. The first-order chi connectivity index (χ1) is 17.9. The minimum atomic E-state index is -0.672. The van der Waals surface area contributed by atoms with E-state index in [2.05, 4.69) is 38.6 Å². The van der Waals surface area contributed by atoms with Gasteiger partial charge in [0.2, 0.25) is 5.95 Å². The molecule has 37 heavy (non-hydrogen) atoms. The minimum Gasteiger partial charge on any atom is -0.485 e. The van der Waals surface area contributed by atoms with Crippen LogP contribution in [0.5, 0.6) is 11.5 Å². The number of nitriles is 1. The van der Waals surface area contributed by atoms with Crippen LogP contribution in [0, 0.1) is 16.7 Å². The van der Waals surface area contributed by atoms with Crippen LogP contribution in [0.15, 0.2) is 18.3 Å². The van der Waals surface area contributed by atoms with Crippen LogP contribution >= 0.6 is 0 Å². The lowest BCUT2D eigenvalue weighted by molar-refractivity contribution is -0.0590. The summed E-state index contributed by atoms with van der Waals surface area (Å²) in [6.45, 7) is 4.82. The van der Waals surface area contributed by atoms with Crippen LogP contribution in [-0.4, -0.2) is 81.5 Å². The van der Waals surface area contributed by atoms with Gasteiger partial charge in [0.1, 0.15) is 30.7 Å². The molecule has 0 saturated carbocycles. The summed E-state index contributed by atoms with van der Waals surface area (Å²) in [7, 11) is 0. The molecule has 2 aromatic heterocycles. The molecule has 0 bridgehead atoms. The zero-order valence-electron chi connectivity index (χ0n) is 20.7. The molecule has 1 aromatic carbocycles. The van der Waals surface area contributed by atoms with E-state index in [0.717, 1.165) is 6.42 Å². The second kappa shape index (κ2) is 9.76. The van der Waals surface area contributed by atoms with Crippen molar-refractivity contribution in [3.8, 4) is 17.6 Å². The first-order valence-electron chi connectivity index (χ1n) is 12.2. The van der Waals surface area contributed by atoms with Gasteiger partial charge in [-0.05, 0) is 25.5 Å². The van der Waals surface area contributed by atoms with Crippen LogP contribution in [0.1, 0.15) is 36.2 Å². The Morgan fingerprint density at radius 2 is 1.97 bits per heavy atom. The number of fused-ring (bicyclic) bond motifs is 2. The van der Waals surface area contributed by atoms with Gasteiger partial charge in [0.05, 0.1) is 40.8 Å². The van der Waals surface area contributed by atoms with Crippen LogP contribution in [0.4, 0.5) is 17.5 Å². The summed E-state index contributed by atoms with van der Waals surface area (Å²) in [6, 6.07) is 5.65. The maximum Gasteiger partial charge on any atom is 0.257 e. The highest BCUT2D eigenvalue weighted by atomic mass is 16.6. The molecule has 1 atom stereocenters. The summed E-state index contributed by atoms with van der Waals surface area (Å²) >= 11 is 0. The number of nitrogens with zero attached hydrogens (tertiary/aromatic N) is 4. The summed E-state index contributed by atoms with van der Waals surface area (Å²) in [5.41, 5.74) is 1.14. The Bertz CT molecular complexity index is 1370. The van der Waals surface area contributed by atoms with Crippen molar-refractivity contribution < 1.29 is 24.5 Å². The molecule has 4 heterocycles. The first-order valence-corrected chi connectivity index (χ1v) is 12.2. The van der Waals surface area contributed by atoms with E-state index in [-0.39, 0.29) is 44.2 Å². The largest absolute Gasteiger partial charge is 0.485 e. The highest BCUT2D eigenvalue weighted by Crippen LogP contribution is 2.43. The molecule has 0 radical (unpaired) electrons. The molecule has 5 N–H and O–H groups in total. The van der Waals surface area contributed by atoms with Gasteiger partial charge in [-0.3, -0.25) is 4.79 Å². The number of likely N-dealkylation sites (tertiary alicyclic amines) is 1. The summed E-state index contributed by atoms with van der Waals surface area (Å²) in [6.07, 6.45) is 2.46. The van der Waals surface area contributed by atoms with Crippen LogP contribution in [0.3, 0.4) is 0 Å². The summed E-state index contributed by atoms with van der Waals surface area (Å²) in [5.74, 6) is 1.24. The van der Waals surface area contributed by atoms with Crippen LogP contribution in [0.2, 0.25) is 0 Å². The van der Waals surface area contributed by atoms with E-state index in [4.69, 9.17) is 9.47 Å². The van der Waals surface area contributed by atoms with Crippen molar-refractivity contribution in [2.75, 3.05) is 50.2 Å². The zero-order valence-corrected chi connectivity index (χ0v) is 20.7. The molecule has 1 fully saturated rings. The number of ether oxygens (including phenoxy) is 2. The van der Waals surface area contributed by atoms with Gasteiger partial charge < -0.3 is 40.2 Å². The van der Waals surface area contributed by atoms with Crippen molar-refractivity contribution in [1.29, 1.82) is 5.26 Å². The lowest BCUT2D eigenvalue weighted by Gasteiger charge is -2.48. The van der Waals surface area contributed by atoms with Crippen LogP contribution in [-0.2, 0) is 0 Å². The number of hydrogen-bond donors (Lipinski definition) is 5. The Balaban J connectivity index is 1.47. The standard InChI is InChI=1S/C25H29N7O5/c1-3-14(2)28-22-18-15(8-26)9-27-21(18)30-24(31-22)29-17-5-4-16(19-20(17)37-7-6-36-19)23(35)32-10-25(11-32,12-33)13-34/h4-5,9,14,33-34H,3,6-7,10-13H2,1-2H3,(H3,27,28,29,30,31). The van der Waals surface area contributed by atoms with Gasteiger partial charge in [-0.1, -0.05) is 6.92 Å². The number of H-pyrrole nitrogens is 1. The third-order valence-electron chi connectivity index (χ3n) is 6.82. The van der Waals surface area contributed by atoms with Gasteiger partial charge in [0.15, 0.2) is 11.5 Å². The van der Waals surface area contributed by atoms with Gasteiger partial charge >= 0.3 is 0 Å². The second-order valence-corrected chi connectivity index (χ2v) is 9.51. The lowest BCUT2D eigenvalue weighted by atomic mass is 9.81. The predicted octanol–water partition coefficient (Wildman–Crippen LogP) is 1.98. The fourth-order valence-electron chi connectivity index (χ4n) is 4.47. The van der Waals surface area contributed by atoms with Crippen molar-refractivity contribution >= 4 is 34.4 Å². The molecule has 3 aromatic rings. The number of aromatic amines is 1. The average molecular weight is 508 g/mol. The van der Waals surface area contributed by atoms with E-state index in [9.17, 15) is 20.3 Å². The quantitative estimate of drug-likeness (QED) is 0.304. The summed E-state index contributed by atoms with van der Waals surface area (Å²) in [4.78, 5) is 26.9. The fourth-order valence-corrected chi connectivity index (χ4v) is 4.47. The summed E-state index contributed by atoms with van der Waals surface area (Å²) in [5, 5.41) is 35.8. The number of rotatable bonds is 8. The monoisotopic (exact) mass is 507 g/mol. The number of carbonyl (C=O) groups is 1. The van der Waals surface area contributed by atoms with Crippen molar-refractivity contribution in [2.24, 2.45) is 5.41 Å². The average Bonchev–Trinajstić information content (AvgIpc) is 3.32. The molecular weight excluding hydrogens is 478 g/mol. The fraction of sp³-hybridized carbons (Fsp3) is 0.440. The number of aliphatic hydroxyl groups is 2. The second-order valence-electron chi connectivity index (χ2n) is 9.51. The topological polar surface area (TPSA) is 169 Å². The number of benzene rings is 1. The maximum absolute atomic E-state index is 13.2. The Labute approximate surface area is 213 Å². The maximum atomic E-state index is 13.2. The molecule has 5 rings (SSSR count). The Hall–Kier alpha value is -4.08. The number of aliphatic hydroxyl groups excluding tert-OH is 2.